The van der Waals surface area contributed by atoms with Gasteiger partial charge in [0.05, 0.1) is 80.6 Å². The van der Waals surface area contributed by atoms with Gasteiger partial charge in [-0.3, -0.25) is 4.98 Å². The van der Waals surface area contributed by atoms with E-state index in [0.717, 1.165) is 22.8 Å². The lowest BCUT2D eigenvalue weighted by Crippen LogP contribution is -2.29. The van der Waals surface area contributed by atoms with Crippen molar-refractivity contribution in [3.8, 4) is 6.07 Å². The van der Waals surface area contributed by atoms with Crippen LogP contribution in [0.1, 0.15) is 96.5 Å². The Balaban J connectivity index is 1.15. The van der Waals surface area contributed by atoms with Crippen LogP contribution in [0, 0.1) is 17.9 Å². The maximum atomic E-state index is 10.8. The molecule has 6 nitrogen and oxygen atoms in total. The first-order valence-corrected chi connectivity index (χ1v) is 16.9. The summed E-state index contributed by atoms with van der Waals surface area (Å²) in [5.41, 5.74) is 16.8. The van der Waals surface area contributed by atoms with Gasteiger partial charge in [-0.1, -0.05) is 97.1 Å². The van der Waals surface area contributed by atoms with E-state index >= 15 is 0 Å². The van der Waals surface area contributed by atoms with E-state index in [-0.39, 0.29) is 23.7 Å². The van der Waals surface area contributed by atoms with Crippen molar-refractivity contribution in [1.29, 1.82) is 5.26 Å². The molecule has 6 heteroatoms. The van der Waals surface area contributed by atoms with Crippen LogP contribution in [0.15, 0.2) is 109 Å². The molecule has 6 aliphatic carbocycles. The number of nitriles is 1. The number of benzene rings is 6. The van der Waals surface area contributed by atoms with Crippen LogP contribution in [0.4, 0.5) is 5.69 Å². The number of hydrogen-bond acceptors (Lipinski definition) is 5. The van der Waals surface area contributed by atoms with Crippen LogP contribution in [0.25, 0.3) is 37.7 Å². The molecular formula is C44H22N6. The maximum Gasteiger partial charge on any atom is 0.222 e. The fourth-order valence-corrected chi connectivity index (χ4v) is 9.66. The van der Waals surface area contributed by atoms with Crippen molar-refractivity contribution < 1.29 is 0 Å². The van der Waals surface area contributed by atoms with Crippen molar-refractivity contribution in [2.75, 3.05) is 0 Å². The minimum Gasteiger partial charge on any atom is -0.260 e. The van der Waals surface area contributed by atoms with Crippen molar-refractivity contribution in [3.05, 3.63) is 193 Å². The molecule has 14 rings (SSSR count). The van der Waals surface area contributed by atoms with Crippen LogP contribution >= 0.6 is 0 Å². The summed E-state index contributed by atoms with van der Waals surface area (Å²) in [7, 11) is 0. The fraction of sp³-hybridized carbons (Fsp3) is 0.0909. The van der Waals surface area contributed by atoms with Gasteiger partial charge in [0.1, 0.15) is 6.07 Å². The van der Waals surface area contributed by atoms with E-state index in [1.165, 1.54) is 44.5 Å². The van der Waals surface area contributed by atoms with Gasteiger partial charge >= 0.3 is 0 Å². The van der Waals surface area contributed by atoms with Crippen LogP contribution in [-0.4, -0.2) is 19.9 Å². The zero-order chi connectivity index (χ0) is 32.8. The average molecular weight is 635 g/mol. The lowest BCUT2D eigenvalue weighted by atomic mass is 9.64. The SMILES string of the molecule is [C-]#[N+]c1c2cc3nc4c(nc3cc2c(C#N)c2nc3c(nc12)C1c2ccccc2C3c2ccccc21)C1c2ccccc2C4c2ccccc21. The summed E-state index contributed by atoms with van der Waals surface area (Å²) in [6.07, 6.45) is 0. The van der Waals surface area contributed by atoms with E-state index in [2.05, 4.69) is 108 Å². The van der Waals surface area contributed by atoms with Gasteiger partial charge < -0.3 is 0 Å². The Bertz CT molecular complexity index is 2710. The maximum absolute atomic E-state index is 10.8. The molecule has 2 aromatic heterocycles. The summed E-state index contributed by atoms with van der Waals surface area (Å²) in [4.78, 5) is 25.3. The van der Waals surface area contributed by atoms with Crippen LogP contribution in [0.5, 0.6) is 0 Å². The summed E-state index contributed by atoms with van der Waals surface area (Å²) in [6, 6.07) is 40.7. The zero-order valence-electron chi connectivity index (χ0n) is 26.4. The minimum absolute atomic E-state index is 0.0137. The molecule has 0 aliphatic heterocycles. The van der Waals surface area contributed by atoms with E-state index in [1.807, 2.05) is 12.1 Å². The minimum atomic E-state index is -0.0897. The lowest BCUT2D eigenvalue weighted by molar-refractivity contribution is 0.709. The van der Waals surface area contributed by atoms with E-state index < -0.39 is 0 Å². The number of hydrogen-bond donors (Lipinski definition) is 0. The largest absolute Gasteiger partial charge is 0.260 e. The monoisotopic (exact) mass is 634 g/mol. The van der Waals surface area contributed by atoms with Gasteiger partial charge in [-0.05, 0) is 67.4 Å². The van der Waals surface area contributed by atoms with Crippen LogP contribution in [0.3, 0.4) is 0 Å². The Kier molecular flexibility index (Phi) is 4.73. The Morgan fingerprint density at radius 1 is 0.480 bits per heavy atom. The number of fused-ring (bicyclic) bond motifs is 3. The molecule has 0 atom stereocenters. The predicted molar refractivity (Wildman–Crippen MR) is 191 cm³/mol. The summed E-state index contributed by atoms with van der Waals surface area (Å²) in [5, 5.41) is 12.1. The highest BCUT2D eigenvalue weighted by Gasteiger charge is 2.45. The van der Waals surface area contributed by atoms with Gasteiger partial charge in [0.2, 0.25) is 5.69 Å². The molecule has 0 fully saturated rings. The molecule has 0 saturated heterocycles. The van der Waals surface area contributed by atoms with Gasteiger partial charge in [-0.15, -0.1) is 0 Å². The molecule has 2 heterocycles. The first-order chi connectivity index (χ1) is 24.7. The normalized spacial score (nSPS) is 19.6. The Morgan fingerprint density at radius 2 is 0.820 bits per heavy atom. The molecule has 6 aromatic carbocycles. The second-order valence-electron chi connectivity index (χ2n) is 13.8. The molecule has 0 saturated carbocycles. The van der Waals surface area contributed by atoms with Gasteiger partial charge in [-0.2, -0.15) is 5.26 Å². The quantitative estimate of drug-likeness (QED) is 0.123. The highest BCUT2D eigenvalue weighted by atomic mass is 14.9. The van der Waals surface area contributed by atoms with E-state index in [4.69, 9.17) is 26.5 Å². The molecule has 228 valence electrons. The molecule has 8 aromatic rings. The first-order valence-electron chi connectivity index (χ1n) is 16.9. The van der Waals surface area contributed by atoms with Crippen LogP contribution in [0.2, 0.25) is 0 Å². The van der Waals surface area contributed by atoms with E-state index in [1.54, 1.807) is 0 Å². The van der Waals surface area contributed by atoms with Crippen molar-refractivity contribution in [3.63, 3.8) is 0 Å². The third kappa shape index (κ3) is 3.00. The van der Waals surface area contributed by atoms with Crippen molar-refractivity contribution in [1.82, 2.24) is 19.9 Å². The first kappa shape index (κ1) is 26.2. The van der Waals surface area contributed by atoms with Gasteiger partial charge in [0.15, 0.2) is 0 Å². The Labute approximate surface area is 286 Å². The molecular weight excluding hydrogens is 613 g/mol. The zero-order valence-corrected chi connectivity index (χ0v) is 26.4. The van der Waals surface area contributed by atoms with E-state index in [0.29, 0.717) is 44.1 Å². The molecule has 50 heavy (non-hydrogen) atoms. The molecule has 0 N–H and O–H groups in total. The van der Waals surface area contributed by atoms with Gasteiger partial charge in [-0.25, -0.2) is 19.8 Å². The van der Waals surface area contributed by atoms with Crippen molar-refractivity contribution >= 4 is 38.5 Å². The number of rotatable bonds is 0. The molecule has 6 aliphatic rings. The van der Waals surface area contributed by atoms with Crippen molar-refractivity contribution in [2.24, 2.45) is 0 Å². The number of nitrogens with zero attached hydrogens (tertiary/aromatic N) is 6. The molecule has 0 amide bonds. The fourth-order valence-electron chi connectivity index (χ4n) is 9.66. The smallest absolute Gasteiger partial charge is 0.222 e. The second-order valence-corrected chi connectivity index (χ2v) is 13.8. The standard InChI is InChI=1S/C44H22N6/c1-46-38-30-19-33-32(47-40-34-21-10-2-4-12-23(21)35(41(40)48-33)24-13-5-3-11-22(24)34)18-29(30)31(20-45)39-44(38)50-43-37-27-16-8-6-14-25(27)36(42(43)49-39)26-15-7-9-17-28(26)37/h2-19,34-37H. The van der Waals surface area contributed by atoms with Crippen LogP contribution < -0.4 is 0 Å². The third-order valence-electron chi connectivity index (χ3n) is 11.6. The third-order valence-corrected chi connectivity index (χ3v) is 11.6. The summed E-state index contributed by atoms with van der Waals surface area (Å²) in [6.45, 7) is 8.44. The van der Waals surface area contributed by atoms with Crippen molar-refractivity contribution in [2.45, 2.75) is 23.7 Å². The molecule has 0 unspecified atom stereocenters. The summed E-state index contributed by atoms with van der Waals surface area (Å²) >= 11 is 0. The predicted octanol–water partition coefficient (Wildman–Crippen LogP) is 9.12. The summed E-state index contributed by atoms with van der Waals surface area (Å²) in [5.74, 6) is -0.207. The summed E-state index contributed by atoms with van der Waals surface area (Å²) < 4.78 is 0. The molecule has 0 spiro atoms. The van der Waals surface area contributed by atoms with Gasteiger partial charge in [0, 0.05) is 0 Å². The Morgan fingerprint density at radius 3 is 1.18 bits per heavy atom. The van der Waals surface area contributed by atoms with Crippen LogP contribution in [-0.2, 0) is 0 Å². The average Bonchev–Trinajstić information content (AvgIpc) is 3.17. The van der Waals surface area contributed by atoms with Gasteiger partial charge in [0.25, 0.3) is 0 Å². The topological polar surface area (TPSA) is 79.7 Å². The van der Waals surface area contributed by atoms with E-state index in [9.17, 15) is 5.26 Å². The molecule has 0 radical (unpaired) electrons. The highest BCUT2D eigenvalue weighted by molar-refractivity contribution is 6.15. The Hall–Kier alpha value is -6.76. The molecule has 4 bridgehead atoms. The lowest BCUT2D eigenvalue weighted by Gasteiger charge is -2.40. The highest BCUT2D eigenvalue weighted by Crippen LogP contribution is 2.57. The number of aromatic nitrogens is 4. The second kappa shape index (κ2) is 9.02.